The van der Waals surface area contributed by atoms with Gasteiger partial charge in [0.05, 0.1) is 19.1 Å². The van der Waals surface area contributed by atoms with Crippen LogP contribution in [0.1, 0.15) is 18.4 Å². The Balaban J connectivity index is 2.15. The lowest BCUT2D eigenvalue weighted by atomic mass is 10.1. The third-order valence-electron chi connectivity index (χ3n) is 4.19. The molecule has 0 unspecified atom stereocenters. The van der Waals surface area contributed by atoms with Gasteiger partial charge in [0.1, 0.15) is 12.3 Å². The molecule has 1 N–H and O–H groups in total. The van der Waals surface area contributed by atoms with Crippen LogP contribution in [0.2, 0.25) is 0 Å². The Bertz CT molecular complexity index is 782. The predicted octanol–water partition coefficient (Wildman–Crippen LogP) is 0.967. The molecule has 0 spiro atoms. The van der Waals surface area contributed by atoms with Gasteiger partial charge in [0.15, 0.2) is 0 Å². The number of hydrazone groups is 1. The number of rotatable bonds is 6. The molecular formula is C17H26N4O4S. The number of aryl methyl sites for hydroxylation is 1. The zero-order valence-corrected chi connectivity index (χ0v) is 16.5. The molecule has 0 radical (unpaired) electrons. The maximum absolute atomic E-state index is 12.3. The SMILES string of the molecule is COc1ccc(C)cc1N(CC(=O)NN=C1CCN(C)CC1)S(C)(=O)=O. The topological polar surface area (TPSA) is 91.3 Å². The van der Waals surface area contributed by atoms with Crippen molar-refractivity contribution in [2.75, 3.05) is 44.4 Å². The first kappa shape index (κ1) is 20.2. The van der Waals surface area contributed by atoms with Crippen LogP contribution in [-0.4, -0.2) is 65.0 Å². The number of carbonyl (C=O) groups is 1. The summed E-state index contributed by atoms with van der Waals surface area (Å²) in [5, 5.41) is 4.14. The summed E-state index contributed by atoms with van der Waals surface area (Å²) >= 11 is 0. The lowest BCUT2D eigenvalue weighted by molar-refractivity contribution is -0.119. The molecule has 0 bridgehead atoms. The fourth-order valence-corrected chi connectivity index (χ4v) is 3.52. The van der Waals surface area contributed by atoms with E-state index in [1.165, 1.54) is 7.11 Å². The van der Waals surface area contributed by atoms with Crippen LogP contribution in [0.5, 0.6) is 5.75 Å². The van der Waals surface area contributed by atoms with Crippen LogP contribution in [0.3, 0.4) is 0 Å². The van der Waals surface area contributed by atoms with Crippen molar-refractivity contribution in [1.29, 1.82) is 0 Å². The van der Waals surface area contributed by atoms with E-state index in [1.54, 1.807) is 12.1 Å². The number of nitrogens with zero attached hydrogens (tertiary/aromatic N) is 3. The van der Waals surface area contributed by atoms with Crippen molar-refractivity contribution in [3.63, 3.8) is 0 Å². The standard InChI is InChI=1S/C17H26N4O4S/c1-13-5-6-16(25-3)15(11-13)21(26(4,23)24)12-17(22)19-18-14-7-9-20(2)10-8-14/h5-6,11H,7-10,12H2,1-4H3,(H,19,22). The molecule has 1 amide bonds. The normalized spacial score (nSPS) is 15.5. The van der Waals surface area contributed by atoms with E-state index in [1.807, 2.05) is 20.0 Å². The molecule has 2 rings (SSSR count). The molecule has 0 saturated carbocycles. The van der Waals surface area contributed by atoms with Crippen molar-refractivity contribution < 1.29 is 17.9 Å². The number of sulfonamides is 1. The number of nitrogens with one attached hydrogen (secondary N) is 1. The van der Waals surface area contributed by atoms with Gasteiger partial charge < -0.3 is 9.64 Å². The molecule has 1 heterocycles. The van der Waals surface area contributed by atoms with Gasteiger partial charge in [-0.3, -0.25) is 9.10 Å². The van der Waals surface area contributed by atoms with Gasteiger partial charge in [0.2, 0.25) is 10.0 Å². The average Bonchev–Trinajstić information content (AvgIpc) is 2.58. The minimum Gasteiger partial charge on any atom is -0.495 e. The maximum atomic E-state index is 12.3. The Morgan fingerprint density at radius 1 is 1.35 bits per heavy atom. The number of carbonyl (C=O) groups excluding carboxylic acids is 1. The van der Waals surface area contributed by atoms with Crippen molar-refractivity contribution >= 4 is 27.3 Å². The van der Waals surface area contributed by atoms with Crippen LogP contribution in [0.4, 0.5) is 5.69 Å². The second-order valence-electron chi connectivity index (χ2n) is 6.46. The summed E-state index contributed by atoms with van der Waals surface area (Å²) in [5.41, 5.74) is 4.58. The molecule has 0 aromatic heterocycles. The van der Waals surface area contributed by atoms with Crippen molar-refractivity contribution in [3.05, 3.63) is 23.8 Å². The Morgan fingerprint density at radius 2 is 2.00 bits per heavy atom. The van der Waals surface area contributed by atoms with E-state index in [4.69, 9.17) is 4.74 Å². The first-order valence-electron chi connectivity index (χ1n) is 8.36. The molecule has 1 saturated heterocycles. The first-order valence-corrected chi connectivity index (χ1v) is 10.2. The molecule has 1 aliphatic heterocycles. The number of anilines is 1. The molecule has 1 aromatic carbocycles. The van der Waals surface area contributed by atoms with E-state index < -0.39 is 15.9 Å². The molecular weight excluding hydrogens is 356 g/mol. The maximum Gasteiger partial charge on any atom is 0.260 e. The van der Waals surface area contributed by atoms with E-state index in [-0.39, 0.29) is 6.54 Å². The number of benzene rings is 1. The monoisotopic (exact) mass is 382 g/mol. The highest BCUT2D eigenvalue weighted by Crippen LogP contribution is 2.30. The highest BCUT2D eigenvalue weighted by molar-refractivity contribution is 7.92. The summed E-state index contributed by atoms with van der Waals surface area (Å²) in [6.45, 7) is 3.26. The zero-order valence-electron chi connectivity index (χ0n) is 15.7. The van der Waals surface area contributed by atoms with Crippen molar-refractivity contribution in [2.24, 2.45) is 5.10 Å². The summed E-state index contributed by atoms with van der Waals surface area (Å²) in [4.78, 5) is 14.5. The zero-order chi connectivity index (χ0) is 19.3. The number of hydrogen-bond donors (Lipinski definition) is 1. The van der Waals surface area contributed by atoms with Crippen LogP contribution in [-0.2, 0) is 14.8 Å². The number of ether oxygens (including phenoxy) is 1. The van der Waals surface area contributed by atoms with Crippen molar-refractivity contribution in [2.45, 2.75) is 19.8 Å². The fourth-order valence-electron chi connectivity index (χ4n) is 2.67. The number of hydrogen-bond acceptors (Lipinski definition) is 6. The Labute approximate surface area is 154 Å². The molecule has 1 fully saturated rings. The van der Waals surface area contributed by atoms with Crippen molar-refractivity contribution in [1.82, 2.24) is 10.3 Å². The first-order chi connectivity index (χ1) is 12.2. The summed E-state index contributed by atoms with van der Waals surface area (Å²) in [5.74, 6) is -0.110. The molecule has 1 aliphatic rings. The Morgan fingerprint density at radius 3 is 2.58 bits per heavy atom. The molecule has 26 heavy (non-hydrogen) atoms. The Hall–Kier alpha value is -2.13. The number of likely N-dealkylation sites (tertiary alicyclic amines) is 1. The highest BCUT2D eigenvalue weighted by atomic mass is 32.2. The summed E-state index contributed by atoms with van der Waals surface area (Å²) in [6.07, 6.45) is 2.64. The second-order valence-corrected chi connectivity index (χ2v) is 8.37. The molecule has 0 atom stereocenters. The van der Waals surface area contributed by atoms with Gasteiger partial charge in [0.25, 0.3) is 5.91 Å². The average molecular weight is 382 g/mol. The van der Waals surface area contributed by atoms with Gasteiger partial charge in [-0.05, 0) is 31.7 Å². The van der Waals surface area contributed by atoms with Crippen LogP contribution in [0, 0.1) is 6.92 Å². The summed E-state index contributed by atoms with van der Waals surface area (Å²) in [6, 6.07) is 5.17. The van der Waals surface area contributed by atoms with Gasteiger partial charge >= 0.3 is 0 Å². The van der Waals surface area contributed by atoms with Crippen LogP contribution >= 0.6 is 0 Å². The Kier molecular flexibility index (Phi) is 6.60. The van der Waals surface area contributed by atoms with Crippen LogP contribution in [0.25, 0.3) is 0 Å². The van der Waals surface area contributed by atoms with Crippen LogP contribution in [0.15, 0.2) is 23.3 Å². The van der Waals surface area contributed by atoms with E-state index in [0.717, 1.165) is 47.8 Å². The third-order valence-corrected chi connectivity index (χ3v) is 5.32. The highest BCUT2D eigenvalue weighted by Gasteiger charge is 2.24. The van der Waals surface area contributed by atoms with E-state index in [9.17, 15) is 13.2 Å². The fraction of sp³-hybridized carbons (Fsp3) is 0.529. The second kappa shape index (κ2) is 8.50. The lowest BCUT2D eigenvalue weighted by Gasteiger charge is -2.24. The quantitative estimate of drug-likeness (QED) is 0.740. The smallest absolute Gasteiger partial charge is 0.260 e. The van der Waals surface area contributed by atoms with E-state index in [2.05, 4.69) is 15.4 Å². The summed E-state index contributed by atoms with van der Waals surface area (Å²) in [7, 11) is -0.180. The predicted molar refractivity (Wildman–Crippen MR) is 102 cm³/mol. The van der Waals surface area contributed by atoms with Gasteiger partial charge in [-0.2, -0.15) is 5.10 Å². The van der Waals surface area contributed by atoms with Gasteiger partial charge in [-0.15, -0.1) is 0 Å². The van der Waals surface area contributed by atoms with Gasteiger partial charge in [-0.25, -0.2) is 13.8 Å². The minimum atomic E-state index is -3.68. The van der Waals surface area contributed by atoms with E-state index >= 15 is 0 Å². The van der Waals surface area contributed by atoms with Crippen molar-refractivity contribution in [3.8, 4) is 5.75 Å². The molecule has 1 aromatic rings. The number of methoxy groups -OCH3 is 1. The largest absolute Gasteiger partial charge is 0.495 e. The lowest BCUT2D eigenvalue weighted by Crippen LogP contribution is -2.40. The third kappa shape index (κ3) is 5.43. The van der Waals surface area contributed by atoms with Crippen LogP contribution < -0.4 is 14.5 Å². The molecule has 144 valence electrons. The molecule has 0 aliphatic carbocycles. The van der Waals surface area contributed by atoms with Gasteiger partial charge in [0, 0.05) is 31.6 Å². The van der Waals surface area contributed by atoms with Gasteiger partial charge in [-0.1, -0.05) is 6.07 Å². The number of piperidine rings is 1. The number of amides is 1. The van der Waals surface area contributed by atoms with E-state index in [0.29, 0.717) is 11.4 Å². The molecule has 8 nitrogen and oxygen atoms in total. The minimum absolute atomic E-state index is 0.331. The molecule has 9 heteroatoms. The summed E-state index contributed by atoms with van der Waals surface area (Å²) < 4.78 is 30.8.